The molecule has 0 amide bonds. The molecule has 12 heteroatoms. The number of carbonyl (C=O) groups excluding carboxylic acids is 6. The molecule has 5 aliphatic carbocycles. The highest BCUT2D eigenvalue weighted by Crippen LogP contribution is 2.41. The van der Waals surface area contributed by atoms with Gasteiger partial charge in [-0.15, -0.1) is 0 Å². The highest BCUT2D eigenvalue weighted by molar-refractivity contribution is 5.92. The Balaban J connectivity index is 0.000000225. The van der Waals surface area contributed by atoms with Crippen LogP contribution in [-0.4, -0.2) is 69.4 Å². The van der Waals surface area contributed by atoms with Crippen molar-refractivity contribution in [3.8, 4) is 0 Å². The van der Waals surface area contributed by atoms with Crippen molar-refractivity contribution in [1.82, 2.24) is 0 Å². The number of carbonyl (C=O) groups is 6. The molecule has 6 atom stereocenters. The van der Waals surface area contributed by atoms with Crippen molar-refractivity contribution in [2.75, 3.05) is 0 Å². The van der Waals surface area contributed by atoms with Crippen LogP contribution in [-0.2, 0) is 28.4 Å². The lowest BCUT2D eigenvalue weighted by atomic mass is 9.79. The zero-order valence-electron chi connectivity index (χ0n) is 79.5. The van der Waals surface area contributed by atoms with Gasteiger partial charge >= 0.3 is 35.8 Å². The molecule has 0 bridgehead atoms. The van der Waals surface area contributed by atoms with Crippen molar-refractivity contribution in [3.63, 3.8) is 0 Å². The van der Waals surface area contributed by atoms with E-state index < -0.39 is 5.60 Å². The Morgan fingerprint density at radius 1 is 0.289 bits per heavy atom. The molecule has 0 spiro atoms. The minimum Gasteiger partial charge on any atom is -0.456 e. The first kappa shape index (κ1) is 102. The minimum atomic E-state index is -0.438. The van der Waals surface area contributed by atoms with Crippen LogP contribution in [0.2, 0.25) is 0 Å². The number of esters is 6. The summed E-state index contributed by atoms with van der Waals surface area (Å²) in [5, 5.41) is 0. The molecule has 12 nitrogen and oxygen atoms in total. The molecule has 121 heavy (non-hydrogen) atoms. The second-order valence-corrected chi connectivity index (χ2v) is 38.6. The van der Waals surface area contributed by atoms with Crippen molar-refractivity contribution in [1.29, 1.82) is 0 Å². The van der Waals surface area contributed by atoms with Gasteiger partial charge in [0.05, 0.1) is 33.4 Å². The van der Waals surface area contributed by atoms with E-state index in [1.165, 1.54) is 110 Å². The van der Waals surface area contributed by atoms with Crippen LogP contribution in [0.3, 0.4) is 0 Å². The van der Waals surface area contributed by atoms with Gasteiger partial charge in [-0.05, 0) is 363 Å². The molecule has 6 aromatic carbocycles. The van der Waals surface area contributed by atoms with Crippen molar-refractivity contribution < 1.29 is 57.2 Å². The SMILES string of the molecule is CCC(C)c1ccc(C(=O)OC(C)(C)C(C)C)cc1.CCC(C)c1ccc(C(=O)OC(C)(C)C2CCCC2)cc1.CCC(C)c1ccc(C(=O)OC(C)(C)C2CCCCC2)cc1.CCC(C)c1ccc(C(=O)OC2(C)CCCC2)cc1.CCC(C)c1ccc(C(=O)OC2(C)CCCCC2)cc1.CCC(C)c1ccc(C(=O)OC2(CC)CCCC2)cc1. The highest BCUT2D eigenvalue weighted by atomic mass is 16.6. The zero-order valence-corrected chi connectivity index (χ0v) is 79.5. The first-order valence-corrected chi connectivity index (χ1v) is 47.3. The summed E-state index contributed by atoms with van der Waals surface area (Å²) in [7, 11) is 0. The number of rotatable bonds is 28. The van der Waals surface area contributed by atoms with Gasteiger partial charge < -0.3 is 28.4 Å². The lowest BCUT2D eigenvalue weighted by Gasteiger charge is -2.36. The summed E-state index contributed by atoms with van der Waals surface area (Å²) in [4.78, 5) is 73.5. The van der Waals surface area contributed by atoms with Crippen LogP contribution in [0.25, 0.3) is 0 Å². The van der Waals surface area contributed by atoms with E-state index in [0.717, 1.165) is 109 Å². The van der Waals surface area contributed by atoms with Crippen molar-refractivity contribution >= 4 is 35.8 Å². The first-order chi connectivity index (χ1) is 57.3. The molecule has 11 rings (SSSR count). The van der Waals surface area contributed by atoms with Gasteiger partial charge in [0.2, 0.25) is 0 Å². The molecule has 6 unspecified atom stereocenters. The molecule has 668 valence electrons. The Kier molecular flexibility index (Phi) is 41.3. The van der Waals surface area contributed by atoms with Crippen LogP contribution < -0.4 is 0 Å². The van der Waals surface area contributed by atoms with Gasteiger partial charge in [0.15, 0.2) is 0 Å². The lowest BCUT2D eigenvalue weighted by molar-refractivity contribution is -0.0386. The van der Waals surface area contributed by atoms with E-state index in [0.29, 0.717) is 80.7 Å². The normalized spacial score (nSPS) is 17.8. The molecule has 5 fully saturated rings. The smallest absolute Gasteiger partial charge is 0.338 e. The second kappa shape index (κ2) is 49.0. The Morgan fingerprint density at radius 3 is 0.736 bits per heavy atom. The molecule has 0 heterocycles. The average Bonchev–Trinajstić information content (AvgIpc) is 1.77. The van der Waals surface area contributed by atoms with Gasteiger partial charge in [0.25, 0.3) is 0 Å². The molecule has 6 aromatic rings. The van der Waals surface area contributed by atoms with E-state index in [9.17, 15) is 28.8 Å². The minimum absolute atomic E-state index is 0.163. The monoisotopic (exact) mass is 1660 g/mol. The van der Waals surface area contributed by atoms with Crippen LogP contribution in [0.15, 0.2) is 146 Å². The Hall–Kier alpha value is -7.86. The molecule has 0 aliphatic heterocycles. The maximum atomic E-state index is 12.4. The highest BCUT2D eigenvalue weighted by Gasteiger charge is 2.40. The van der Waals surface area contributed by atoms with E-state index >= 15 is 0 Å². The van der Waals surface area contributed by atoms with Gasteiger partial charge in [-0.2, -0.15) is 0 Å². The second-order valence-electron chi connectivity index (χ2n) is 38.6. The van der Waals surface area contributed by atoms with Crippen LogP contribution in [0.4, 0.5) is 0 Å². The Labute approximate surface area is 733 Å². The third-order valence-corrected chi connectivity index (χ3v) is 28.1. The van der Waals surface area contributed by atoms with E-state index in [1.54, 1.807) is 0 Å². The topological polar surface area (TPSA) is 158 Å². The third-order valence-electron chi connectivity index (χ3n) is 28.1. The molecule has 0 radical (unpaired) electrons. The quantitative estimate of drug-likeness (QED) is 0.0339. The maximum absolute atomic E-state index is 12.4. The van der Waals surface area contributed by atoms with Gasteiger partial charge in [-0.1, -0.05) is 215 Å². The van der Waals surface area contributed by atoms with E-state index in [4.69, 9.17) is 28.4 Å². The summed E-state index contributed by atoms with van der Waals surface area (Å²) in [5.74, 6) is 3.34. The fourth-order valence-corrected chi connectivity index (χ4v) is 16.7. The zero-order chi connectivity index (χ0) is 89.3. The maximum Gasteiger partial charge on any atom is 0.338 e. The number of hydrogen-bond acceptors (Lipinski definition) is 12. The molecular weight excluding hydrogens is 1500 g/mol. The summed E-state index contributed by atoms with van der Waals surface area (Å²) < 4.78 is 34.5. The summed E-state index contributed by atoms with van der Waals surface area (Å²) in [6, 6.07) is 47.3. The first-order valence-electron chi connectivity index (χ1n) is 47.3. The van der Waals surface area contributed by atoms with E-state index in [-0.39, 0.29) is 69.7 Å². The predicted octanol–water partition coefficient (Wildman–Crippen LogP) is 30.7. The van der Waals surface area contributed by atoms with Gasteiger partial charge in [-0.25, -0.2) is 28.8 Å². The van der Waals surface area contributed by atoms with Crippen molar-refractivity contribution in [2.24, 2.45) is 17.8 Å². The van der Waals surface area contributed by atoms with Crippen molar-refractivity contribution in [3.05, 3.63) is 212 Å². The average molecular weight is 1660 g/mol. The van der Waals surface area contributed by atoms with Gasteiger partial charge in [0.1, 0.15) is 33.6 Å². The molecular formula is C109H160O12. The van der Waals surface area contributed by atoms with Crippen molar-refractivity contribution in [2.45, 2.75) is 415 Å². The Morgan fingerprint density at radius 2 is 0.496 bits per heavy atom. The number of ether oxygens (including phenoxy) is 6. The summed E-state index contributed by atoms with van der Waals surface area (Å²) in [5.41, 5.74) is 9.78. The Bertz CT molecular complexity index is 3970. The lowest BCUT2D eigenvalue weighted by Crippen LogP contribution is -2.37. The van der Waals surface area contributed by atoms with E-state index in [2.05, 4.69) is 163 Å². The predicted molar refractivity (Wildman–Crippen MR) is 499 cm³/mol. The largest absolute Gasteiger partial charge is 0.456 e. The molecule has 0 saturated heterocycles. The summed E-state index contributed by atoms with van der Waals surface area (Å²) >= 11 is 0. The van der Waals surface area contributed by atoms with Crippen LogP contribution >= 0.6 is 0 Å². The standard InChI is InChI=1S/C20H30O2.C19H28O2.2C18H26O2.C17H24O2.C17H26O2/c1-5-15(2)16-11-13-17(14-12-16)19(21)22-20(3,4)18-9-7-6-8-10-18;1-5-14(2)15-10-12-16(13-11-15)18(20)21-19(3,4)17-8-6-7-9-17;1-4-14(2)15-8-10-16(11-9-15)17(19)20-18(3)12-6-5-7-13-18;1-4-14(3)15-8-10-16(11-9-15)17(19)20-18(5-2)12-6-7-13-18;1-4-13(2)14-7-9-15(10-8-14)16(18)19-17(3)11-5-6-12-17;1-7-13(4)14-8-10-15(11-9-14)16(18)19-17(5,6)12(2)3/h11-15,18H,5-10H2,1-4H3;10-14,17H,5-9H2,1-4H3;2*8-11,14H,4-7,12-13H2,1-3H3;7-10,13H,4-6,11-12H2,1-3H3;8-13H,7H2,1-6H3. The summed E-state index contributed by atoms with van der Waals surface area (Å²) in [6.45, 7) is 48.7. The fourth-order valence-electron chi connectivity index (χ4n) is 16.7. The molecule has 5 aliphatic rings. The third kappa shape index (κ3) is 32.0. The van der Waals surface area contributed by atoms with Crippen LogP contribution in [0, 0.1) is 17.8 Å². The molecule has 5 saturated carbocycles. The molecule has 0 N–H and O–H groups in total. The van der Waals surface area contributed by atoms with Gasteiger partial charge in [-0.3, -0.25) is 0 Å². The number of hydrogen-bond donors (Lipinski definition) is 0. The fraction of sp³-hybridized carbons (Fsp3) is 0.615. The summed E-state index contributed by atoms with van der Waals surface area (Å²) in [6.07, 6.45) is 32.9. The van der Waals surface area contributed by atoms with Crippen LogP contribution in [0.5, 0.6) is 0 Å². The molecule has 0 aromatic heterocycles. The van der Waals surface area contributed by atoms with E-state index in [1.807, 2.05) is 142 Å². The van der Waals surface area contributed by atoms with Crippen LogP contribution in [0.1, 0.15) is 476 Å². The van der Waals surface area contributed by atoms with Gasteiger partial charge in [0, 0.05) is 0 Å². The number of benzene rings is 6.